The van der Waals surface area contributed by atoms with Gasteiger partial charge in [0.05, 0.1) is 13.7 Å². The number of ether oxygens (including phenoxy) is 2. The van der Waals surface area contributed by atoms with Crippen molar-refractivity contribution in [3.8, 4) is 0 Å². The van der Waals surface area contributed by atoms with Gasteiger partial charge in [-0.3, -0.25) is 0 Å². The van der Waals surface area contributed by atoms with Gasteiger partial charge >= 0.3 is 6.09 Å². The Hall–Kier alpha value is -1.26. The summed E-state index contributed by atoms with van der Waals surface area (Å²) in [4.78, 5) is 10.4. The molecule has 1 amide bonds. The van der Waals surface area contributed by atoms with Gasteiger partial charge in [0.15, 0.2) is 0 Å². The molecule has 0 bridgehead atoms. The minimum atomic E-state index is -0.607. The lowest BCUT2D eigenvalue weighted by Gasteiger charge is -2.00. The van der Waals surface area contributed by atoms with E-state index in [1.165, 1.54) is 7.11 Å². The van der Waals surface area contributed by atoms with Crippen molar-refractivity contribution in [3.63, 3.8) is 0 Å². The Morgan fingerprint density at radius 1 is 1.64 bits per heavy atom. The molecule has 5 nitrogen and oxygen atoms in total. The van der Waals surface area contributed by atoms with Crippen LogP contribution in [0.1, 0.15) is 13.8 Å². The molecule has 0 atom stereocenters. The number of rotatable bonds is 2. The molecule has 5 heteroatoms. The van der Waals surface area contributed by atoms with Crippen LogP contribution < -0.4 is 5.43 Å². The molecule has 0 aliphatic heterocycles. The number of hydrogen-bond donors (Lipinski definition) is 1. The summed E-state index contributed by atoms with van der Waals surface area (Å²) in [5.41, 5.74) is 2.12. The molecule has 0 spiro atoms. The van der Waals surface area contributed by atoms with E-state index in [2.05, 4.69) is 15.3 Å². The van der Waals surface area contributed by atoms with Crippen LogP contribution in [-0.2, 0) is 9.47 Å². The molecule has 0 fully saturated rings. The van der Waals surface area contributed by atoms with Gasteiger partial charge in [0, 0.05) is 6.92 Å². The highest BCUT2D eigenvalue weighted by molar-refractivity contribution is 5.75. The van der Waals surface area contributed by atoms with E-state index in [9.17, 15) is 4.79 Å². The summed E-state index contributed by atoms with van der Waals surface area (Å²) in [5, 5.41) is 3.55. The minimum Gasteiger partial charge on any atom is -0.480 e. The van der Waals surface area contributed by atoms with Crippen LogP contribution in [0.15, 0.2) is 5.10 Å². The van der Waals surface area contributed by atoms with Gasteiger partial charge < -0.3 is 9.47 Å². The van der Waals surface area contributed by atoms with Crippen LogP contribution in [0, 0.1) is 0 Å². The topological polar surface area (TPSA) is 59.9 Å². The lowest BCUT2D eigenvalue weighted by Crippen LogP contribution is -2.19. The third kappa shape index (κ3) is 5.20. The van der Waals surface area contributed by atoms with Crippen LogP contribution >= 0.6 is 0 Å². The number of hydrogen-bond acceptors (Lipinski definition) is 4. The van der Waals surface area contributed by atoms with E-state index in [0.29, 0.717) is 12.5 Å². The average Bonchev–Trinajstić information content (AvgIpc) is 2.01. The zero-order valence-electron chi connectivity index (χ0n) is 6.88. The maximum Gasteiger partial charge on any atom is 0.427 e. The summed E-state index contributed by atoms with van der Waals surface area (Å²) in [5.74, 6) is 0.401. The highest BCUT2D eigenvalue weighted by Crippen LogP contribution is 1.79. The fourth-order valence-corrected chi connectivity index (χ4v) is 0.411. The molecule has 0 aromatic carbocycles. The summed E-state index contributed by atoms with van der Waals surface area (Å²) in [6, 6.07) is 0. The van der Waals surface area contributed by atoms with E-state index in [1.807, 2.05) is 6.92 Å². The monoisotopic (exact) mass is 160 g/mol. The van der Waals surface area contributed by atoms with Gasteiger partial charge in [-0.1, -0.05) is 0 Å². The third-order valence-electron chi connectivity index (χ3n) is 0.843. The smallest absolute Gasteiger partial charge is 0.427 e. The Morgan fingerprint density at radius 2 is 2.27 bits per heavy atom. The van der Waals surface area contributed by atoms with Gasteiger partial charge in [0.25, 0.3) is 0 Å². The van der Waals surface area contributed by atoms with Gasteiger partial charge in [-0.2, -0.15) is 0 Å². The first-order valence-electron chi connectivity index (χ1n) is 3.21. The predicted octanol–water partition coefficient (Wildman–Crippen LogP) is 0.712. The zero-order chi connectivity index (χ0) is 8.69. The number of hydrazone groups is 1. The predicted molar refractivity (Wildman–Crippen MR) is 40.3 cm³/mol. The molecule has 0 aromatic heterocycles. The lowest BCUT2D eigenvalue weighted by molar-refractivity contribution is 0.171. The molecule has 0 aliphatic rings. The number of amides is 1. The van der Waals surface area contributed by atoms with E-state index < -0.39 is 6.09 Å². The number of carbonyl (C=O) groups excluding carboxylic acids is 1. The van der Waals surface area contributed by atoms with Crippen molar-refractivity contribution in [1.82, 2.24) is 5.43 Å². The third-order valence-corrected chi connectivity index (χ3v) is 0.843. The Morgan fingerprint density at radius 3 is 2.73 bits per heavy atom. The molecule has 0 saturated heterocycles. The van der Waals surface area contributed by atoms with Crippen molar-refractivity contribution in [1.29, 1.82) is 0 Å². The van der Waals surface area contributed by atoms with Gasteiger partial charge in [-0.25, -0.2) is 10.2 Å². The molecule has 1 N–H and O–H groups in total. The van der Waals surface area contributed by atoms with Gasteiger partial charge in [0.1, 0.15) is 0 Å². The molecule has 0 aliphatic carbocycles. The van der Waals surface area contributed by atoms with Crippen LogP contribution in [0.3, 0.4) is 0 Å². The van der Waals surface area contributed by atoms with E-state index in [4.69, 9.17) is 4.74 Å². The Kier molecular flexibility index (Phi) is 4.89. The second kappa shape index (κ2) is 5.52. The van der Waals surface area contributed by atoms with Gasteiger partial charge in [-0.15, -0.1) is 5.10 Å². The second-order valence-corrected chi connectivity index (χ2v) is 1.67. The molecule has 0 unspecified atom stereocenters. The van der Waals surface area contributed by atoms with Crippen LogP contribution in [0.2, 0.25) is 0 Å². The number of nitrogens with zero attached hydrogens (tertiary/aromatic N) is 1. The molecule has 0 aromatic rings. The number of nitrogens with one attached hydrogen (secondary N) is 1. The zero-order valence-corrected chi connectivity index (χ0v) is 6.88. The first-order chi connectivity index (χ1) is 5.20. The van der Waals surface area contributed by atoms with E-state index >= 15 is 0 Å². The summed E-state index contributed by atoms with van der Waals surface area (Å²) in [7, 11) is 1.26. The Labute approximate surface area is 65.4 Å². The fourth-order valence-electron chi connectivity index (χ4n) is 0.411. The number of methoxy groups -OCH3 is 1. The highest BCUT2D eigenvalue weighted by Gasteiger charge is 1.94. The van der Waals surface area contributed by atoms with Crippen LogP contribution in [0.25, 0.3) is 0 Å². The van der Waals surface area contributed by atoms with Crippen molar-refractivity contribution in [2.45, 2.75) is 13.8 Å². The average molecular weight is 160 g/mol. The van der Waals surface area contributed by atoms with E-state index in [1.54, 1.807) is 6.92 Å². The van der Waals surface area contributed by atoms with Crippen molar-refractivity contribution in [3.05, 3.63) is 0 Å². The summed E-state index contributed by atoms with van der Waals surface area (Å²) in [6.45, 7) is 3.99. The summed E-state index contributed by atoms with van der Waals surface area (Å²) >= 11 is 0. The highest BCUT2D eigenvalue weighted by atomic mass is 16.5. The molecule has 11 heavy (non-hydrogen) atoms. The van der Waals surface area contributed by atoms with E-state index in [-0.39, 0.29) is 0 Å². The lowest BCUT2D eigenvalue weighted by atomic mass is 10.7. The normalized spacial score (nSPS) is 10.6. The van der Waals surface area contributed by atoms with Crippen LogP contribution in [0.4, 0.5) is 4.79 Å². The molecule has 0 radical (unpaired) electrons. The van der Waals surface area contributed by atoms with Crippen molar-refractivity contribution in [2.24, 2.45) is 5.10 Å². The van der Waals surface area contributed by atoms with Gasteiger partial charge in [0.2, 0.25) is 5.90 Å². The Balaban J connectivity index is 3.63. The minimum absolute atomic E-state index is 0.401. The molecular formula is C6H12N2O3. The second-order valence-electron chi connectivity index (χ2n) is 1.67. The summed E-state index contributed by atoms with van der Waals surface area (Å²) in [6.07, 6.45) is -0.607. The SMILES string of the molecule is CCO/C(C)=N\NC(=O)OC. The standard InChI is InChI=1S/C6H12N2O3/c1-4-11-5(2)7-8-6(9)10-3/h4H2,1-3H3,(H,8,9)/b7-5-. The van der Waals surface area contributed by atoms with Crippen LogP contribution in [-0.4, -0.2) is 25.7 Å². The number of carbonyl (C=O) groups is 1. The molecule has 0 rings (SSSR count). The largest absolute Gasteiger partial charge is 0.480 e. The first-order valence-corrected chi connectivity index (χ1v) is 3.21. The van der Waals surface area contributed by atoms with Crippen molar-refractivity contribution >= 4 is 12.0 Å². The van der Waals surface area contributed by atoms with Gasteiger partial charge in [-0.05, 0) is 6.92 Å². The maximum absolute atomic E-state index is 10.4. The molecule has 64 valence electrons. The molecule has 0 heterocycles. The van der Waals surface area contributed by atoms with Crippen molar-refractivity contribution in [2.75, 3.05) is 13.7 Å². The quantitative estimate of drug-likeness (QED) is 0.367. The summed E-state index contributed by atoms with van der Waals surface area (Å²) < 4.78 is 9.18. The Bertz CT molecular complexity index is 156. The van der Waals surface area contributed by atoms with Crippen molar-refractivity contribution < 1.29 is 14.3 Å². The maximum atomic E-state index is 10.4. The fraction of sp³-hybridized carbons (Fsp3) is 0.667. The first kappa shape index (κ1) is 9.74. The molecular weight excluding hydrogens is 148 g/mol. The molecule has 0 saturated carbocycles. The van der Waals surface area contributed by atoms with Crippen LogP contribution in [0.5, 0.6) is 0 Å². The van der Waals surface area contributed by atoms with E-state index in [0.717, 1.165) is 0 Å².